The summed E-state index contributed by atoms with van der Waals surface area (Å²) in [6, 6.07) is 17.2. The Labute approximate surface area is 216 Å². The Kier molecular flexibility index (Phi) is 5.85. The lowest BCUT2D eigenvalue weighted by atomic mass is 10.1. The van der Waals surface area contributed by atoms with Crippen molar-refractivity contribution in [2.45, 2.75) is 44.4 Å². The topological polar surface area (TPSA) is 59.3 Å². The third-order valence-electron chi connectivity index (χ3n) is 7.43. The van der Waals surface area contributed by atoms with Gasteiger partial charge in [-0.2, -0.15) is 4.98 Å². The molecule has 1 aliphatic heterocycles. The van der Waals surface area contributed by atoms with Crippen molar-refractivity contribution in [1.82, 2.24) is 24.4 Å². The number of anilines is 1. The van der Waals surface area contributed by atoms with E-state index < -0.39 is 0 Å². The maximum Gasteiger partial charge on any atom is 0.245 e. The van der Waals surface area contributed by atoms with E-state index in [1.54, 1.807) is 6.33 Å². The van der Waals surface area contributed by atoms with E-state index in [2.05, 4.69) is 75.7 Å². The van der Waals surface area contributed by atoms with Gasteiger partial charge in [0.1, 0.15) is 17.8 Å². The van der Waals surface area contributed by atoms with Crippen molar-refractivity contribution in [2.24, 2.45) is 0 Å². The Balaban J connectivity index is 1.42. The molecule has 2 aromatic heterocycles. The van der Waals surface area contributed by atoms with Crippen LogP contribution in [0.2, 0.25) is 5.02 Å². The second-order valence-electron chi connectivity index (χ2n) is 10.4. The van der Waals surface area contributed by atoms with Gasteiger partial charge in [0.15, 0.2) is 11.2 Å². The van der Waals surface area contributed by atoms with Crippen LogP contribution < -0.4 is 9.64 Å². The number of aromatic nitrogens is 4. The molecule has 7 nitrogen and oxygen atoms in total. The number of benzene rings is 2. The van der Waals surface area contributed by atoms with Gasteiger partial charge < -0.3 is 19.1 Å². The standard InChI is InChI=1S/C28H31ClN6O/c1-28(12-13-28)36-27-24-26(30-18-31-27)35(16-19-7-5-4-6-8-19)25(32-24)22-10-9-20(15-23(22)29)34-14-11-21(17-34)33(2)3/h4-10,15,18,21H,11-14,16-17H2,1-3H3/t21-/m1/s1. The van der Waals surface area contributed by atoms with Crippen LogP contribution in [0.1, 0.15) is 31.7 Å². The van der Waals surface area contributed by atoms with Gasteiger partial charge in [0, 0.05) is 30.4 Å². The van der Waals surface area contributed by atoms with Crippen LogP contribution in [0.15, 0.2) is 54.9 Å². The molecular formula is C28H31ClN6O. The number of rotatable bonds is 7. The maximum atomic E-state index is 6.94. The second-order valence-corrected chi connectivity index (χ2v) is 10.8. The molecule has 0 unspecified atom stereocenters. The van der Waals surface area contributed by atoms with E-state index in [4.69, 9.17) is 21.3 Å². The molecule has 6 rings (SSSR count). The monoisotopic (exact) mass is 502 g/mol. The molecule has 0 bridgehead atoms. The Bertz CT molecular complexity index is 1400. The van der Waals surface area contributed by atoms with Crippen LogP contribution in [0.4, 0.5) is 5.69 Å². The average Bonchev–Trinajstić information content (AvgIpc) is 3.26. The third kappa shape index (κ3) is 4.42. The lowest BCUT2D eigenvalue weighted by Gasteiger charge is -2.22. The summed E-state index contributed by atoms with van der Waals surface area (Å²) in [7, 11) is 4.29. The summed E-state index contributed by atoms with van der Waals surface area (Å²) >= 11 is 6.94. The van der Waals surface area contributed by atoms with Crippen LogP contribution in [0.5, 0.6) is 5.88 Å². The van der Waals surface area contributed by atoms with Gasteiger partial charge in [-0.25, -0.2) is 9.97 Å². The summed E-state index contributed by atoms with van der Waals surface area (Å²) in [5, 5.41) is 0.676. The Morgan fingerprint density at radius 2 is 1.92 bits per heavy atom. The summed E-state index contributed by atoms with van der Waals surface area (Å²) in [5.74, 6) is 1.30. The van der Waals surface area contributed by atoms with Gasteiger partial charge in [0.05, 0.1) is 11.6 Å². The minimum atomic E-state index is -0.163. The fraction of sp³-hybridized carbons (Fsp3) is 0.393. The van der Waals surface area contributed by atoms with Crippen LogP contribution in [0.25, 0.3) is 22.6 Å². The van der Waals surface area contributed by atoms with Crippen LogP contribution >= 0.6 is 11.6 Å². The molecule has 2 fully saturated rings. The van der Waals surface area contributed by atoms with Crippen LogP contribution in [-0.4, -0.2) is 63.2 Å². The zero-order chi connectivity index (χ0) is 24.9. The van der Waals surface area contributed by atoms with E-state index in [0.717, 1.165) is 60.6 Å². The summed E-state index contributed by atoms with van der Waals surface area (Å²) < 4.78 is 8.37. The van der Waals surface area contributed by atoms with Crippen molar-refractivity contribution in [2.75, 3.05) is 32.1 Å². The van der Waals surface area contributed by atoms with Crippen molar-refractivity contribution in [3.8, 4) is 17.3 Å². The molecule has 2 aromatic carbocycles. The Morgan fingerprint density at radius 1 is 1.11 bits per heavy atom. The smallest absolute Gasteiger partial charge is 0.245 e. The molecule has 8 heteroatoms. The number of imidazole rings is 1. The molecule has 0 radical (unpaired) electrons. The molecule has 1 atom stereocenters. The minimum Gasteiger partial charge on any atom is -0.470 e. The molecule has 1 saturated heterocycles. The van der Waals surface area contributed by atoms with E-state index in [9.17, 15) is 0 Å². The van der Waals surface area contributed by atoms with Crippen molar-refractivity contribution in [3.05, 3.63) is 65.4 Å². The summed E-state index contributed by atoms with van der Waals surface area (Å²) in [5.41, 5.74) is 4.43. The van der Waals surface area contributed by atoms with Crippen LogP contribution in [0, 0.1) is 0 Å². The van der Waals surface area contributed by atoms with E-state index in [1.807, 2.05) is 18.2 Å². The Morgan fingerprint density at radius 3 is 2.61 bits per heavy atom. The lowest BCUT2D eigenvalue weighted by molar-refractivity contribution is 0.194. The summed E-state index contributed by atoms with van der Waals surface area (Å²) in [4.78, 5) is 18.8. The van der Waals surface area contributed by atoms with Gasteiger partial charge in [-0.05, 0) is 64.0 Å². The number of halogens is 1. The zero-order valence-electron chi connectivity index (χ0n) is 21.0. The highest BCUT2D eigenvalue weighted by Gasteiger charge is 2.41. The largest absolute Gasteiger partial charge is 0.470 e. The van der Waals surface area contributed by atoms with Gasteiger partial charge in [-0.15, -0.1) is 0 Å². The molecule has 186 valence electrons. The first-order valence-corrected chi connectivity index (χ1v) is 12.9. The number of hydrogen-bond donors (Lipinski definition) is 0. The quantitative estimate of drug-likeness (QED) is 0.343. The number of fused-ring (bicyclic) bond motifs is 1. The van der Waals surface area contributed by atoms with Gasteiger partial charge >= 0.3 is 0 Å². The highest BCUT2D eigenvalue weighted by atomic mass is 35.5. The molecule has 2 aliphatic rings. The van der Waals surface area contributed by atoms with Gasteiger partial charge in [-0.1, -0.05) is 41.9 Å². The highest BCUT2D eigenvalue weighted by molar-refractivity contribution is 6.33. The molecular weight excluding hydrogens is 472 g/mol. The van der Waals surface area contributed by atoms with E-state index in [0.29, 0.717) is 29.0 Å². The van der Waals surface area contributed by atoms with Crippen molar-refractivity contribution >= 4 is 28.5 Å². The second kappa shape index (κ2) is 9.05. The summed E-state index contributed by atoms with van der Waals surface area (Å²) in [6.45, 7) is 4.76. The molecule has 0 spiro atoms. The number of ether oxygens (including phenoxy) is 1. The van der Waals surface area contributed by atoms with Crippen LogP contribution in [0.3, 0.4) is 0 Å². The van der Waals surface area contributed by atoms with Gasteiger partial charge in [0.2, 0.25) is 5.88 Å². The number of nitrogens with zero attached hydrogens (tertiary/aromatic N) is 6. The molecule has 1 aliphatic carbocycles. The molecule has 36 heavy (non-hydrogen) atoms. The van der Waals surface area contributed by atoms with E-state index in [1.165, 1.54) is 0 Å². The van der Waals surface area contributed by atoms with E-state index >= 15 is 0 Å². The normalized spacial score (nSPS) is 18.8. The zero-order valence-corrected chi connectivity index (χ0v) is 21.7. The van der Waals surface area contributed by atoms with Crippen molar-refractivity contribution < 1.29 is 4.74 Å². The van der Waals surface area contributed by atoms with Gasteiger partial charge in [-0.3, -0.25) is 0 Å². The summed E-state index contributed by atoms with van der Waals surface area (Å²) in [6.07, 6.45) is 4.76. The third-order valence-corrected chi connectivity index (χ3v) is 7.74. The lowest BCUT2D eigenvalue weighted by Crippen LogP contribution is -2.31. The predicted octanol–water partition coefficient (Wildman–Crippen LogP) is 5.27. The minimum absolute atomic E-state index is 0.163. The molecule has 0 amide bonds. The first-order chi connectivity index (χ1) is 17.4. The fourth-order valence-corrected chi connectivity index (χ4v) is 5.16. The average molecular weight is 503 g/mol. The van der Waals surface area contributed by atoms with E-state index in [-0.39, 0.29) is 5.60 Å². The first-order valence-electron chi connectivity index (χ1n) is 12.6. The highest BCUT2D eigenvalue weighted by Crippen LogP contribution is 2.41. The SMILES string of the molecule is CN(C)[C@@H]1CCN(c2ccc(-c3nc4c(OC5(C)CC5)ncnc4n3Cc3ccccc3)c(Cl)c2)C1. The molecule has 4 aromatic rings. The van der Waals surface area contributed by atoms with Crippen molar-refractivity contribution in [3.63, 3.8) is 0 Å². The number of likely N-dealkylation sites (N-methyl/N-ethyl adjacent to an activating group) is 1. The fourth-order valence-electron chi connectivity index (χ4n) is 4.90. The Hall–Kier alpha value is -3.16. The number of hydrogen-bond acceptors (Lipinski definition) is 6. The maximum absolute atomic E-state index is 6.94. The predicted molar refractivity (Wildman–Crippen MR) is 144 cm³/mol. The van der Waals surface area contributed by atoms with Crippen molar-refractivity contribution in [1.29, 1.82) is 0 Å². The first kappa shape index (κ1) is 23.3. The molecule has 1 saturated carbocycles. The molecule has 3 heterocycles. The van der Waals surface area contributed by atoms with Crippen LogP contribution in [-0.2, 0) is 6.54 Å². The van der Waals surface area contributed by atoms with Gasteiger partial charge in [0.25, 0.3) is 0 Å². The molecule has 0 N–H and O–H groups in total.